The number of likely N-dealkylation sites (tertiary alicyclic amines) is 1. The Morgan fingerprint density at radius 2 is 1.76 bits per heavy atom. The van der Waals surface area contributed by atoms with Gasteiger partial charge in [-0.05, 0) is 56.9 Å². The number of imide groups is 1. The fourth-order valence-corrected chi connectivity index (χ4v) is 4.88. The zero-order valence-electron chi connectivity index (χ0n) is 17.2. The molecule has 1 aromatic heterocycles. The van der Waals surface area contributed by atoms with E-state index in [4.69, 9.17) is 0 Å². The van der Waals surface area contributed by atoms with Gasteiger partial charge in [0.05, 0.1) is 12.1 Å². The molecular formula is C23H27N3O2S. The Hall–Kier alpha value is -2.44. The zero-order chi connectivity index (χ0) is 20.5. The van der Waals surface area contributed by atoms with Crippen molar-refractivity contribution >= 4 is 28.7 Å². The third kappa shape index (κ3) is 3.87. The lowest BCUT2D eigenvalue weighted by atomic mass is 10.0. The van der Waals surface area contributed by atoms with Crippen LogP contribution >= 0.6 is 11.3 Å². The average Bonchev–Trinajstić information content (AvgIpc) is 3.32. The molecule has 3 heterocycles. The number of thiophene rings is 1. The molecule has 1 fully saturated rings. The second-order valence-corrected chi connectivity index (χ2v) is 8.98. The summed E-state index contributed by atoms with van der Waals surface area (Å²) in [4.78, 5) is 33.4. The summed E-state index contributed by atoms with van der Waals surface area (Å²) in [6, 6.07) is 12.1. The SMILES string of the molecule is Cc1ccc(CN2C(=O)C(c3cccs3)=C(N(C)C3CCN(C)CC3)C2=O)cc1. The summed E-state index contributed by atoms with van der Waals surface area (Å²) in [6.07, 6.45) is 1.99. The van der Waals surface area contributed by atoms with Crippen LogP contribution in [0.1, 0.15) is 28.8 Å². The summed E-state index contributed by atoms with van der Waals surface area (Å²) in [5.74, 6) is -0.367. The number of benzene rings is 1. The van der Waals surface area contributed by atoms with Crippen LogP contribution in [-0.2, 0) is 16.1 Å². The molecule has 0 atom stereocenters. The van der Waals surface area contributed by atoms with Gasteiger partial charge in [0.2, 0.25) is 0 Å². The smallest absolute Gasteiger partial charge is 0.278 e. The van der Waals surface area contributed by atoms with Gasteiger partial charge in [-0.2, -0.15) is 0 Å². The molecule has 0 unspecified atom stereocenters. The van der Waals surface area contributed by atoms with E-state index in [-0.39, 0.29) is 17.9 Å². The number of carbonyl (C=O) groups excluding carboxylic acids is 2. The molecule has 5 nitrogen and oxygen atoms in total. The van der Waals surface area contributed by atoms with Crippen molar-refractivity contribution in [3.63, 3.8) is 0 Å². The summed E-state index contributed by atoms with van der Waals surface area (Å²) in [5, 5.41) is 1.95. The highest BCUT2D eigenvalue weighted by molar-refractivity contribution is 7.11. The first-order valence-corrected chi connectivity index (χ1v) is 10.9. The maximum atomic E-state index is 13.4. The first kappa shape index (κ1) is 19.9. The van der Waals surface area contributed by atoms with Crippen molar-refractivity contribution in [2.45, 2.75) is 32.4 Å². The van der Waals surface area contributed by atoms with E-state index in [1.165, 1.54) is 16.2 Å². The third-order valence-corrected chi connectivity index (χ3v) is 6.85. The predicted molar refractivity (Wildman–Crippen MR) is 116 cm³/mol. The number of carbonyl (C=O) groups is 2. The fourth-order valence-electron chi connectivity index (χ4n) is 4.12. The van der Waals surface area contributed by atoms with Crippen LogP contribution in [0.3, 0.4) is 0 Å². The fraction of sp³-hybridized carbons (Fsp3) is 0.391. The number of hydrogen-bond acceptors (Lipinski definition) is 5. The zero-order valence-corrected chi connectivity index (χ0v) is 18.0. The molecule has 2 aliphatic heterocycles. The summed E-state index contributed by atoms with van der Waals surface area (Å²) >= 11 is 1.51. The lowest BCUT2D eigenvalue weighted by Gasteiger charge is -2.36. The van der Waals surface area contributed by atoms with Gasteiger partial charge in [-0.25, -0.2) is 0 Å². The van der Waals surface area contributed by atoms with Gasteiger partial charge in [0.1, 0.15) is 5.70 Å². The van der Waals surface area contributed by atoms with Crippen molar-refractivity contribution in [2.75, 3.05) is 27.2 Å². The Morgan fingerprint density at radius 1 is 1.07 bits per heavy atom. The Balaban J connectivity index is 1.66. The Labute approximate surface area is 176 Å². The summed E-state index contributed by atoms with van der Waals surface area (Å²) in [7, 11) is 4.10. The van der Waals surface area contributed by atoms with Crippen LogP contribution in [0.2, 0.25) is 0 Å². The van der Waals surface area contributed by atoms with E-state index in [0.717, 1.165) is 41.9 Å². The highest BCUT2D eigenvalue weighted by atomic mass is 32.1. The number of piperidine rings is 1. The molecule has 4 rings (SSSR count). The summed E-state index contributed by atoms with van der Waals surface area (Å²) in [6.45, 7) is 4.34. The molecule has 0 spiro atoms. The number of aryl methyl sites for hydroxylation is 1. The number of amides is 2. The van der Waals surface area contributed by atoms with E-state index >= 15 is 0 Å². The van der Waals surface area contributed by atoms with Gasteiger partial charge < -0.3 is 9.80 Å². The van der Waals surface area contributed by atoms with Crippen molar-refractivity contribution in [3.8, 4) is 0 Å². The van der Waals surface area contributed by atoms with E-state index in [1.807, 2.05) is 55.7 Å². The summed E-state index contributed by atoms with van der Waals surface area (Å²) < 4.78 is 0. The Bertz CT molecular complexity index is 926. The van der Waals surface area contributed by atoms with Crippen molar-refractivity contribution in [2.24, 2.45) is 0 Å². The Kier molecular flexibility index (Phi) is 5.56. The minimum absolute atomic E-state index is 0.180. The number of hydrogen-bond donors (Lipinski definition) is 0. The van der Waals surface area contributed by atoms with Gasteiger partial charge in [0, 0.05) is 18.0 Å². The molecule has 1 aromatic carbocycles. The molecule has 2 amide bonds. The van der Waals surface area contributed by atoms with Crippen LogP contribution in [0.4, 0.5) is 0 Å². The number of nitrogens with zero attached hydrogens (tertiary/aromatic N) is 3. The van der Waals surface area contributed by atoms with E-state index in [0.29, 0.717) is 17.8 Å². The first-order chi connectivity index (χ1) is 14.0. The number of rotatable bonds is 5. The molecule has 0 radical (unpaired) electrons. The second-order valence-electron chi connectivity index (χ2n) is 8.03. The first-order valence-electron chi connectivity index (χ1n) is 10.1. The molecular weight excluding hydrogens is 382 g/mol. The van der Waals surface area contributed by atoms with E-state index in [2.05, 4.69) is 16.8 Å². The van der Waals surface area contributed by atoms with Gasteiger partial charge in [0.25, 0.3) is 11.8 Å². The molecule has 2 aromatic rings. The van der Waals surface area contributed by atoms with Gasteiger partial charge >= 0.3 is 0 Å². The lowest BCUT2D eigenvalue weighted by Crippen LogP contribution is -2.43. The van der Waals surface area contributed by atoms with Crippen molar-refractivity contribution in [3.05, 3.63) is 63.5 Å². The average molecular weight is 410 g/mol. The largest absolute Gasteiger partial charge is 0.366 e. The standard InChI is InChI=1S/C23H27N3O2S/c1-16-6-8-17(9-7-16)15-26-22(27)20(19-5-4-14-29-19)21(23(26)28)25(3)18-10-12-24(2)13-11-18/h4-9,14,18H,10-13,15H2,1-3H3. The quantitative estimate of drug-likeness (QED) is 0.711. The van der Waals surface area contributed by atoms with Crippen LogP contribution < -0.4 is 0 Å². The molecule has 152 valence electrons. The molecule has 1 saturated heterocycles. The Morgan fingerprint density at radius 3 is 2.38 bits per heavy atom. The number of likely N-dealkylation sites (N-methyl/N-ethyl adjacent to an activating group) is 1. The minimum atomic E-state index is -0.187. The van der Waals surface area contributed by atoms with Crippen LogP contribution in [0.25, 0.3) is 5.57 Å². The predicted octanol–water partition coefficient (Wildman–Crippen LogP) is 3.36. The van der Waals surface area contributed by atoms with Crippen molar-refractivity contribution < 1.29 is 9.59 Å². The van der Waals surface area contributed by atoms with Gasteiger partial charge in [-0.1, -0.05) is 35.9 Å². The maximum Gasteiger partial charge on any atom is 0.278 e. The van der Waals surface area contributed by atoms with Gasteiger partial charge in [0.15, 0.2) is 0 Å². The topological polar surface area (TPSA) is 43.9 Å². The monoisotopic (exact) mass is 409 g/mol. The van der Waals surface area contributed by atoms with Crippen molar-refractivity contribution in [1.29, 1.82) is 0 Å². The molecule has 0 aliphatic carbocycles. The van der Waals surface area contributed by atoms with Gasteiger partial charge in [-0.3, -0.25) is 14.5 Å². The normalized spacial score (nSPS) is 18.8. The molecule has 6 heteroatoms. The van der Waals surface area contributed by atoms with Crippen LogP contribution in [0, 0.1) is 6.92 Å². The third-order valence-electron chi connectivity index (χ3n) is 5.96. The lowest BCUT2D eigenvalue weighted by molar-refractivity contribution is -0.138. The van der Waals surface area contributed by atoms with Crippen LogP contribution in [0.5, 0.6) is 0 Å². The van der Waals surface area contributed by atoms with E-state index < -0.39 is 0 Å². The molecule has 29 heavy (non-hydrogen) atoms. The molecule has 0 bridgehead atoms. The molecule has 2 aliphatic rings. The van der Waals surface area contributed by atoms with Crippen molar-refractivity contribution in [1.82, 2.24) is 14.7 Å². The van der Waals surface area contributed by atoms with Crippen LogP contribution in [-0.4, -0.2) is 59.7 Å². The maximum absolute atomic E-state index is 13.4. The highest BCUT2D eigenvalue weighted by Gasteiger charge is 2.42. The van der Waals surface area contributed by atoms with Crippen LogP contribution in [0.15, 0.2) is 47.5 Å². The minimum Gasteiger partial charge on any atom is -0.366 e. The highest BCUT2D eigenvalue weighted by Crippen LogP contribution is 2.36. The van der Waals surface area contributed by atoms with E-state index in [1.54, 1.807) is 0 Å². The second kappa shape index (κ2) is 8.13. The molecule has 0 N–H and O–H groups in total. The molecule has 0 saturated carbocycles. The van der Waals surface area contributed by atoms with Gasteiger partial charge in [-0.15, -0.1) is 11.3 Å². The summed E-state index contributed by atoms with van der Waals surface area (Å²) in [5.41, 5.74) is 3.23. The van der Waals surface area contributed by atoms with E-state index in [9.17, 15) is 9.59 Å².